The number of rotatable bonds is 1. The summed E-state index contributed by atoms with van der Waals surface area (Å²) in [6.07, 6.45) is 1.36. The van der Waals surface area contributed by atoms with Gasteiger partial charge in [-0.05, 0) is 24.3 Å². The third-order valence-electron chi connectivity index (χ3n) is 2.97. The van der Waals surface area contributed by atoms with Crippen molar-refractivity contribution in [1.82, 2.24) is 4.90 Å². The number of fused-ring (bicyclic) bond motifs is 1. The van der Waals surface area contributed by atoms with E-state index in [-0.39, 0.29) is 12.1 Å². The van der Waals surface area contributed by atoms with Crippen molar-refractivity contribution in [2.45, 2.75) is 6.17 Å². The van der Waals surface area contributed by atoms with Crippen molar-refractivity contribution in [2.75, 3.05) is 12.4 Å². The molecule has 0 saturated carbocycles. The number of hydrogen-bond acceptors (Lipinski definition) is 3. The molecule has 1 aromatic heterocycles. The summed E-state index contributed by atoms with van der Waals surface area (Å²) >= 11 is 0. The van der Waals surface area contributed by atoms with Crippen LogP contribution in [0.1, 0.15) is 22.3 Å². The summed E-state index contributed by atoms with van der Waals surface area (Å²) in [5.74, 6) is 0.733. The van der Waals surface area contributed by atoms with Crippen molar-refractivity contribution < 1.29 is 9.21 Å². The first-order chi connectivity index (χ1) is 8.27. The van der Waals surface area contributed by atoms with Crippen LogP contribution in [0.25, 0.3) is 0 Å². The van der Waals surface area contributed by atoms with Crippen LogP contribution >= 0.6 is 0 Å². The van der Waals surface area contributed by atoms with Gasteiger partial charge in [0.1, 0.15) is 5.76 Å². The van der Waals surface area contributed by atoms with Crippen LogP contribution in [-0.4, -0.2) is 17.9 Å². The van der Waals surface area contributed by atoms with E-state index in [0.29, 0.717) is 5.56 Å². The molecule has 1 atom stereocenters. The molecule has 0 bridgehead atoms. The molecule has 1 aromatic carbocycles. The average Bonchev–Trinajstić information content (AvgIpc) is 2.87. The van der Waals surface area contributed by atoms with Crippen molar-refractivity contribution >= 4 is 11.6 Å². The topological polar surface area (TPSA) is 45.5 Å². The van der Waals surface area contributed by atoms with Gasteiger partial charge in [-0.15, -0.1) is 0 Å². The maximum absolute atomic E-state index is 12.2. The summed E-state index contributed by atoms with van der Waals surface area (Å²) in [5.41, 5.74) is 1.54. The van der Waals surface area contributed by atoms with Gasteiger partial charge in [0.25, 0.3) is 5.91 Å². The Kier molecular flexibility index (Phi) is 2.14. The lowest BCUT2D eigenvalue weighted by Gasteiger charge is -2.33. The molecule has 1 amide bonds. The fraction of sp³-hybridized carbons (Fsp3) is 0.154. The van der Waals surface area contributed by atoms with Gasteiger partial charge in [0.2, 0.25) is 0 Å². The SMILES string of the molecule is CN1C(=O)c2ccccc2NC1c1ccco1. The Hall–Kier alpha value is -2.23. The van der Waals surface area contributed by atoms with Gasteiger partial charge in [0, 0.05) is 12.7 Å². The Balaban J connectivity index is 2.05. The van der Waals surface area contributed by atoms with Crippen LogP contribution < -0.4 is 5.32 Å². The molecule has 3 rings (SSSR count). The standard InChI is InChI=1S/C13H12N2O2/c1-15-12(11-7-4-8-17-11)14-10-6-3-2-5-9(10)13(15)16/h2-8,12,14H,1H3. The smallest absolute Gasteiger partial charge is 0.257 e. The Morgan fingerprint density at radius 2 is 2.06 bits per heavy atom. The first kappa shape index (κ1) is 9.96. The van der Waals surface area contributed by atoms with Crippen LogP contribution in [0.3, 0.4) is 0 Å². The zero-order valence-electron chi connectivity index (χ0n) is 9.38. The average molecular weight is 228 g/mol. The number of hydrogen-bond donors (Lipinski definition) is 1. The van der Waals surface area contributed by atoms with Gasteiger partial charge < -0.3 is 14.6 Å². The van der Waals surface area contributed by atoms with Crippen LogP contribution in [0.2, 0.25) is 0 Å². The molecule has 0 spiro atoms. The lowest BCUT2D eigenvalue weighted by Crippen LogP contribution is -2.39. The third kappa shape index (κ3) is 1.49. The zero-order valence-corrected chi connectivity index (χ0v) is 9.38. The third-order valence-corrected chi connectivity index (χ3v) is 2.97. The highest BCUT2D eigenvalue weighted by Gasteiger charge is 2.31. The molecule has 4 nitrogen and oxygen atoms in total. The second kappa shape index (κ2) is 3.66. The van der Waals surface area contributed by atoms with Gasteiger partial charge in [-0.2, -0.15) is 0 Å². The van der Waals surface area contributed by atoms with Crippen molar-refractivity contribution in [3.05, 3.63) is 54.0 Å². The number of nitrogens with one attached hydrogen (secondary N) is 1. The van der Waals surface area contributed by atoms with Crippen LogP contribution in [0.15, 0.2) is 47.1 Å². The minimum Gasteiger partial charge on any atom is -0.465 e. The van der Waals surface area contributed by atoms with Gasteiger partial charge in [-0.1, -0.05) is 12.1 Å². The fourth-order valence-corrected chi connectivity index (χ4v) is 2.06. The van der Waals surface area contributed by atoms with Crippen LogP contribution in [0.5, 0.6) is 0 Å². The second-order valence-electron chi connectivity index (χ2n) is 4.02. The molecule has 0 radical (unpaired) electrons. The summed E-state index contributed by atoms with van der Waals surface area (Å²) < 4.78 is 5.35. The van der Waals surface area contributed by atoms with Gasteiger partial charge in [-0.25, -0.2) is 0 Å². The van der Waals surface area contributed by atoms with Crippen LogP contribution in [0.4, 0.5) is 5.69 Å². The predicted molar refractivity (Wildman–Crippen MR) is 63.6 cm³/mol. The highest BCUT2D eigenvalue weighted by atomic mass is 16.3. The lowest BCUT2D eigenvalue weighted by atomic mass is 10.1. The molecule has 1 unspecified atom stereocenters. The van der Waals surface area contributed by atoms with E-state index in [0.717, 1.165) is 11.4 Å². The maximum atomic E-state index is 12.2. The number of para-hydroxylation sites is 1. The molecule has 4 heteroatoms. The van der Waals surface area contributed by atoms with E-state index < -0.39 is 0 Å². The molecule has 0 saturated heterocycles. The number of amides is 1. The second-order valence-corrected chi connectivity index (χ2v) is 4.02. The van der Waals surface area contributed by atoms with Gasteiger partial charge in [-0.3, -0.25) is 4.79 Å². The van der Waals surface area contributed by atoms with Gasteiger partial charge >= 0.3 is 0 Å². The highest BCUT2D eigenvalue weighted by molar-refractivity contribution is 6.01. The summed E-state index contributed by atoms with van der Waals surface area (Å²) in [6.45, 7) is 0. The Bertz CT molecular complexity index is 548. The number of carbonyl (C=O) groups is 1. The quantitative estimate of drug-likeness (QED) is 0.815. The molecule has 86 valence electrons. The molecule has 2 heterocycles. The summed E-state index contributed by atoms with van der Waals surface area (Å²) in [5, 5.41) is 3.29. The van der Waals surface area contributed by atoms with Crippen LogP contribution in [-0.2, 0) is 0 Å². The first-order valence-corrected chi connectivity index (χ1v) is 5.43. The van der Waals surface area contributed by atoms with E-state index in [1.165, 1.54) is 0 Å². The summed E-state index contributed by atoms with van der Waals surface area (Å²) in [4.78, 5) is 13.8. The van der Waals surface area contributed by atoms with E-state index in [1.54, 1.807) is 18.2 Å². The van der Waals surface area contributed by atoms with E-state index in [1.807, 2.05) is 36.4 Å². The minimum absolute atomic E-state index is 0.000694. The molecule has 1 aliphatic rings. The molecular formula is C13H12N2O2. The van der Waals surface area contributed by atoms with E-state index in [9.17, 15) is 4.79 Å². The number of benzene rings is 1. The van der Waals surface area contributed by atoms with Crippen LogP contribution in [0, 0.1) is 0 Å². The Morgan fingerprint density at radius 1 is 1.24 bits per heavy atom. The maximum Gasteiger partial charge on any atom is 0.257 e. The molecule has 0 fully saturated rings. The van der Waals surface area contributed by atoms with E-state index >= 15 is 0 Å². The monoisotopic (exact) mass is 228 g/mol. The van der Waals surface area contributed by atoms with E-state index in [2.05, 4.69) is 5.32 Å². The van der Waals surface area contributed by atoms with Crippen molar-refractivity contribution in [3.63, 3.8) is 0 Å². The first-order valence-electron chi connectivity index (χ1n) is 5.43. The normalized spacial score (nSPS) is 18.8. The predicted octanol–water partition coefficient (Wildman–Crippen LogP) is 2.48. The number of nitrogens with zero attached hydrogens (tertiary/aromatic N) is 1. The number of furan rings is 1. The lowest BCUT2D eigenvalue weighted by molar-refractivity contribution is 0.0719. The van der Waals surface area contributed by atoms with Crippen molar-refractivity contribution in [3.8, 4) is 0 Å². The Morgan fingerprint density at radius 3 is 2.82 bits per heavy atom. The fourth-order valence-electron chi connectivity index (χ4n) is 2.06. The number of anilines is 1. The largest absolute Gasteiger partial charge is 0.465 e. The summed E-state index contributed by atoms with van der Waals surface area (Å²) in [6, 6.07) is 11.2. The molecule has 1 aliphatic heterocycles. The molecule has 0 aliphatic carbocycles. The molecular weight excluding hydrogens is 216 g/mol. The zero-order chi connectivity index (χ0) is 11.8. The van der Waals surface area contributed by atoms with Gasteiger partial charge in [0.05, 0.1) is 11.8 Å². The molecule has 17 heavy (non-hydrogen) atoms. The van der Waals surface area contributed by atoms with Gasteiger partial charge in [0.15, 0.2) is 6.17 Å². The van der Waals surface area contributed by atoms with Crippen molar-refractivity contribution in [1.29, 1.82) is 0 Å². The number of carbonyl (C=O) groups excluding carboxylic acids is 1. The van der Waals surface area contributed by atoms with Crippen molar-refractivity contribution in [2.24, 2.45) is 0 Å². The minimum atomic E-state index is -0.243. The van der Waals surface area contributed by atoms with E-state index in [4.69, 9.17) is 4.42 Å². The Labute approximate surface area is 98.8 Å². The molecule has 1 N–H and O–H groups in total. The summed E-state index contributed by atoms with van der Waals surface area (Å²) in [7, 11) is 1.76. The molecule has 2 aromatic rings. The highest BCUT2D eigenvalue weighted by Crippen LogP contribution is 2.31.